The van der Waals surface area contributed by atoms with Gasteiger partial charge in [-0.25, -0.2) is 0 Å². The van der Waals surface area contributed by atoms with Crippen molar-refractivity contribution in [3.8, 4) is 17.5 Å². The van der Waals surface area contributed by atoms with Crippen LogP contribution in [0.2, 0.25) is 5.02 Å². The fourth-order valence-electron chi connectivity index (χ4n) is 2.16. The van der Waals surface area contributed by atoms with Crippen molar-refractivity contribution < 1.29 is 0 Å². The van der Waals surface area contributed by atoms with Crippen molar-refractivity contribution in [1.29, 1.82) is 5.26 Å². The molecular weight excluding hydrogens is 316 g/mol. The summed E-state index contributed by atoms with van der Waals surface area (Å²) in [7, 11) is 0. The molecule has 108 valence electrons. The molecule has 0 unspecified atom stereocenters. The van der Waals surface area contributed by atoms with Gasteiger partial charge in [0, 0.05) is 5.56 Å². The number of benzene rings is 2. The molecule has 0 radical (unpaired) electrons. The van der Waals surface area contributed by atoms with Crippen LogP contribution in [0.1, 0.15) is 11.1 Å². The highest BCUT2D eigenvalue weighted by Crippen LogP contribution is 2.24. The molecule has 0 aliphatic carbocycles. The summed E-state index contributed by atoms with van der Waals surface area (Å²) in [4.78, 5) is 4.35. The number of hydrogen-bond donors (Lipinski definition) is 1. The summed E-state index contributed by atoms with van der Waals surface area (Å²) in [6, 6.07) is 17.0. The molecule has 1 aromatic heterocycles. The highest BCUT2D eigenvalue weighted by molar-refractivity contribution is 7.71. The Bertz CT molecular complexity index is 920. The number of halogens is 1. The average molecular weight is 327 g/mol. The Balaban J connectivity index is 1.95. The van der Waals surface area contributed by atoms with Gasteiger partial charge in [-0.1, -0.05) is 35.9 Å². The van der Waals surface area contributed by atoms with Crippen molar-refractivity contribution >= 4 is 23.8 Å². The fourth-order valence-corrected chi connectivity index (χ4v) is 2.59. The number of nitrogens with zero attached hydrogens (tertiary/aromatic N) is 3. The largest absolute Gasteiger partial charge is 0.279 e. The molecule has 0 amide bonds. The predicted molar refractivity (Wildman–Crippen MR) is 88.1 cm³/mol. The quantitative estimate of drug-likeness (QED) is 0.734. The maximum absolute atomic E-state index is 8.95. The van der Waals surface area contributed by atoms with Crippen LogP contribution in [0.3, 0.4) is 0 Å². The van der Waals surface area contributed by atoms with Gasteiger partial charge >= 0.3 is 0 Å². The van der Waals surface area contributed by atoms with Crippen LogP contribution in [0.25, 0.3) is 11.4 Å². The first kappa shape index (κ1) is 14.5. The van der Waals surface area contributed by atoms with Crippen molar-refractivity contribution in [2.75, 3.05) is 0 Å². The minimum absolute atomic E-state index is 0.442. The summed E-state index contributed by atoms with van der Waals surface area (Å²) in [5.74, 6) is 0.632. The van der Waals surface area contributed by atoms with Gasteiger partial charge in [0.05, 0.1) is 23.2 Å². The zero-order valence-electron chi connectivity index (χ0n) is 11.5. The first-order valence-corrected chi connectivity index (χ1v) is 7.37. The zero-order valence-corrected chi connectivity index (χ0v) is 13.0. The Morgan fingerprint density at radius 3 is 2.82 bits per heavy atom. The Kier molecular flexibility index (Phi) is 4.05. The van der Waals surface area contributed by atoms with Crippen LogP contribution in [0.15, 0.2) is 48.5 Å². The first-order valence-electron chi connectivity index (χ1n) is 6.58. The number of aromatic amines is 1. The first-order chi connectivity index (χ1) is 10.7. The minimum Gasteiger partial charge on any atom is -0.279 e. The standard InChI is InChI=1S/C16H11ClN4S/c17-14-7-2-1-6-13(14)15-19-16(22)21(20-15)10-12-5-3-4-11(8-12)9-18/h1-8H,10H2,(H,19,20,22). The Morgan fingerprint density at radius 1 is 1.23 bits per heavy atom. The summed E-state index contributed by atoms with van der Waals surface area (Å²) in [5.41, 5.74) is 2.40. The van der Waals surface area contributed by atoms with Crippen LogP contribution in [0.5, 0.6) is 0 Å². The normalized spacial score (nSPS) is 10.4. The van der Waals surface area contributed by atoms with Gasteiger partial charge < -0.3 is 0 Å². The van der Waals surface area contributed by atoms with Gasteiger partial charge in [-0.05, 0) is 42.0 Å². The lowest BCUT2D eigenvalue weighted by Gasteiger charge is -2.03. The SMILES string of the molecule is N#Cc1cccc(Cn2[nH]c(-c3ccccc3Cl)nc2=S)c1. The molecule has 0 bridgehead atoms. The minimum atomic E-state index is 0.442. The Labute approximate surface area is 137 Å². The van der Waals surface area contributed by atoms with Crippen molar-refractivity contribution in [2.45, 2.75) is 6.54 Å². The van der Waals surface area contributed by atoms with E-state index in [-0.39, 0.29) is 0 Å². The molecule has 3 aromatic rings. The molecule has 0 saturated heterocycles. The number of nitriles is 1. The lowest BCUT2D eigenvalue weighted by molar-refractivity contribution is 0.676. The van der Waals surface area contributed by atoms with Gasteiger partial charge in [0.1, 0.15) is 0 Å². The number of hydrogen-bond acceptors (Lipinski definition) is 3. The van der Waals surface area contributed by atoms with Crippen molar-refractivity contribution in [3.05, 3.63) is 69.5 Å². The van der Waals surface area contributed by atoms with Gasteiger partial charge in [0.15, 0.2) is 5.82 Å². The molecule has 0 aliphatic rings. The van der Waals surface area contributed by atoms with Gasteiger partial charge in [0.25, 0.3) is 0 Å². The number of aromatic nitrogens is 3. The van der Waals surface area contributed by atoms with E-state index < -0.39 is 0 Å². The van der Waals surface area contributed by atoms with E-state index in [9.17, 15) is 0 Å². The summed E-state index contributed by atoms with van der Waals surface area (Å²) in [5, 5.41) is 12.7. The summed E-state index contributed by atoms with van der Waals surface area (Å²) < 4.78 is 2.20. The average Bonchev–Trinajstić information content (AvgIpc) is 2.89. The molecule has 1 N–H and O–H groups in total. The third-order valence-electron chi connectivity index (χ3n) is 3.20. The summed E-state index contributed by atoms with van der Waals surface area (Å²) in [6.45, 7) is 0.520. The highest BCUT2D eigenvalue weighted by Gasteiger charge is 2.08. The van der Waals surface area contributed by atoms with E-state index in [1.165, 1.54) is 0 Å². The van der Waals surface area contributed by atoms with Crippen LogP contribution >= 0.6 is 23.8 Å². The fraction of sp³-hybridized carbons (Fsp3) is 0.0625. The zero-order chi connectivity index (χ0) is 15.5. The van der Waals surface area contributed by atoms with E-state index in [2.05, 4.69) is 16.2 Å². The number of H-pyrrole nitrogens is 1. The maximum Gasteiger partial charge on any atom is 0.216 e. The third-order valence-corrected chi connectivity index (χ3v) is 3.85. The van der Waals surface area contributed by atoms with Crippen LogP contribution < -0.4 is 0 Å². The molecule has 0 spiro atoms. The molecule has 6 heteroatoms. The second-order valence-corrected chi connectivity index (χ2v) is 5.51. The van der Waals surface area contributed by atoms with Gasteiger partial charge in [-0.15, -0.1) is 0 Å². The monoisotopic (exact) mass is 326 g/mol. The van der Waals surface area contributed by atoms with E-state index in [1.807, 2.05) is 42.5 Å². The molecule has 0 fully saturated rings. The molecule has 0 atom stereocenters. The van der Waals surface area contributed by atoms with E-state index >= 15 is 0 Å². The van der Waals surface area contributed by atoms with Crippen LogP contribution in [-0.2, 0) is 6.54 Å². The van der Waals surface area contributed by atoms with Gasteiger partial charge in [-0.2, -0.15) is 10.2 Å². The highest BCUT2D eigenvalue weighted by atomic mass is 35.5. The van der Waals surface area contributed by atoms with Crippen LogP contribution in [0, 0.1) is 16.1 Å². The van der Waals surface area contributed by atoms with Crippen molar-refractivity contribution in [3.63, 3.8) is 0 Å². The maximum atomic E-state index is 8.95. The van der Waals surface area contributed by atoms with Crippen LogP contribution in [-0.4, -0.2) is 14.8 Å². The Morgan fingerprint density at radius 2 is 2.05 bits per heavy atom. The van der Waals surface area contributed by atoms with Crippen molar-refractivity contribution in [2.24, 2.45) is 0 Å². The molecule has 4 nitrogen and oxygen atoms in total. The molecule has 3 rings (SSSR count). The van der Waals surface area contributed by atoms with E-state index in [0.29, 0.717) is 27.7 Å². The molecule has 0 aliphatic heterocycles. The Hall–Kier alpha value is -2.42. The summed E-state index contributed by atoms with van der Waals surface area (Å²) in [6.07, 6.45) is 0. The molecule has 2 aromatic carbocycles. The predicted octanol–water partition coefficient (Wildman–Crippen LogP) is 4.18. The third kappa shape index (κ3) is 2.93. The second-order valence-electron chi connectivity index (χ2n) is 4.73. The molecular formula is C16H11ClN4S. The van der Waals surface area contributed by atoms with Crippen LogP contribution in [0.4, 0.5) is 0 Å². The van der Waals surface area contributed by atoms with E-state index in [4.69, 9.17) is 29.1 Å². The second kappa shape index (κ2) is 6.14. The molecule has 22 heavy (non-hydrogen) atoms. The number of nitrogens with one attached hydrogen (secondary N) is 1. The lowest BCUT2D eigenvalue weighted by atomic mass is 10.1. The van der Waals surface area contributed by atoms with Gasteiger partial charge in [-0.3, -0.25) is 9.78 Å². The van der Waals surface area contributed by atoms with Crippen molar-refractivity contribution in [1.82, 2.24) is 14.8 Å². The smallest absolute Gasteiger partial charge is 0.216 e. The topological polar surface area (TPSA) is 57.4 Å². The van der Waals surface area contributed by atoms with Gasteiger partial charge in [0.2, 0.25) is 4.77 Å². The number of rotatable bonds is 3. The summed E-state index contributed by atoms with van der Waals surface area (Å²) >= 11 is 11.5. The molecule has 0 saturated carbocycles. The van der Waals surface area contributed by atoms with E-state index in [0.717, 1.165) is 11.1 Å². The lowest BCUT2D eigenvalue weighted by Crippen LogP contribution is -2.02. The molecule has 1 heterocycles. The van der Waals surface area contributed by atoms with E-state index in [1.54, 1.807) is 10.7 Å².